The van der Waals surface area contributed by atoms with Crippen molar-refractivity contribution in [2.75, 3.05) is 39.8 Å². The molecule has 1 atom stereocenters. The summed E-state index contributed by atoms with van der Waals surface area (Å²) in [5.74, 6) is 1.00. The largest absolute Gasteiger partial charge is 0.354 e. The fraction of sp³-hybridized carbons (Fsp3) is 0.762. The molecule has 2 saturated heterocycles. The normalized spacial score (nSPS) is 23.0. The molecular weight excluding hydrogens is 338 g/mol. The number of nitrogens with zero attached hydrogens (tertiary/aromatic N) is 4. The van der Waals surface area contributed by atoms with Crippen molar-refractivity contribution in [3.05, 3.63) is 23.3 Å². The third-order valence-corrected chi connectivity index (χ3v) is 6.14. The van der Waals surface area contributed by atoms with Gasteiger partial charge in [0.15, 0.2) is 0 Å². The Balaban J connectivity index is 1.57. The molecule has 0 aliphatic carbocycles. The minimum atomic E-state index is 0.0218. The topological polar surface area (TPSA) is 61.4 Å². The zero-order valence-corrected chi connectivity index (χ0v) is 17.4. The Labute approximate surface area is 163 Å². The number of rotatable bonds is 6. The molecule has 2 fully saturated rings. The van der Waals surface area contributed by atoms with Crippen LogP contribution in [0.1, 0.15) is 49.8 Å². The van der Waals surface area contributed by atoms with E-state index in [9.17, 15) is 4.79 Å². The van der Waals surface area contributed by atoms with Crippen molar-refractivity contribution in [1.29, 1.82) is 0 Å². The fourth-order valence-electron chi connectivity index (χ4n) is 4.71. The third-order valence-electron chi connectivity index (χ3n) is 6.14. The van der Waals surface area contributed by atoms with Crippen LogP contribution < -0.4 is 5.32 Å². The quantitative estimate of drug-likeness (QED) is 0.826. The van der Waals surface area contributed by atoms with E-state index in [1.54, 1.807) is 0 Å². The van der Waals surface area contributed by atoms with Crippen LogP contribution in [0.2, 0.25) is 0 Å². The number of aromatic nitrogens is 2. The van der Waals surface area contributed by atoms with Crippen LogP contribution in [0.4, 0.5) is 0 Å². The number of carbonyl (C=O) groups is 1. The highest BCUT2D eigenvalue weighted by atomic mass is 16.2. The first-order valence-corrected chi connectivity index (χ1v) is 10.4. The predicted octanol–water partition coefficient (Wildman–Crippen LogP) is 1.95. The maximum Gasteiger partial charge on any atom is 0.237 e. The summed E-state index contributed by atoms with van der Waals surface area (Å²) in [7, 11) is 2.20. The lowest BCUT2D eigenvalue weighted by Crippen LogP contribution is -2.44. The molecule has 0 bridgehead atoms. The number of carbonyl (C=O) groups excluding carboxylic acids is 1. The molecule has 150 valence electrons. The molecule has 0 aromatic carbocycles. The van der Waals surface area contributed by atoms with Gasteiger partial charge in [0.05, 0.1) is 6.04 Å². The van der Waals surface area contributed by atoms with Crippen LogP contribution in [-0.2, 0) is 11.2 Å². The zero-order chi connectivity index (χ0) is 19.4. The summed E-state index contributed by atoms with van der Waals surface area (Å²) in [6.07, 6.45) is 5.21. The summed E-state index contributed by atoms with van der Waals surface area (Å²) >= 11 is 0. The highest BCUT2D eigenvalue weighted by Gasteiger charge is 2.47. The average molecular weight is 374 g/mol. The Morgan fingerprint density at radius 1 is 1.26 bits per heavy atom. The lowest BCUT2D eigenvalue weighted by Gasteiger charge is -2.37. The van der Waals surface area contributed by atoms with Gasteiger partial charge < -0.3 is 10.2 Å². The maximum atomic E-state index is 12.9. The summed E-state index contributed by atoms with van der Waals surface area (Å²) in [6, 6.07) is 2.00. The van der Waals surface area contributed by atoms with Gasteiger partial charge in [0, 0.05) is 30.9 Å². The molecule has 3 heterocycles. The van der Waals surface area contributed by atoms with Crippen LogP contribution in [0.15, 0.2) is 6.07 Å². The van der Waals surface area contributed by atoms with Gasteiger partial charge >= 0.3 is 0 Å². The second-order valence-corrected chi connectivity index (χ2v) is 8.60. The molecule has 1 amide bonds. The first-order chi connectivity index (χ1) is 12.9. The Morgan fingerprint density at radius 2 is 1.93 bits per heavy atom. The zero-order valence-electron chi connectivity index (χ0n) is 17.4. The third kappa shape index (κ3) is 5.05. The molecule has 1 aromatic heterocycles. The molecule has 6 nitrogen and oxygen atoms in total. The molecule has 0 unspecified atom stereocenters. The van der Waals surface area contributed by atoms with Gasteiger partial charge in [-0.15, -0.1) is 0 Å². The number of aryl methyl sites for hydroxylation is 2. The Morgan fingerprint density at radius 3 is 2.56 bits per heavy atom. The Bertz CT molecular complexity index is 634. The van der Waals surface area contributed by atoms with E-state index in [-0.39, 0.29) is 11.9 Å². The molecule has 2 aliphatic rings. The average Bonchev–Trinajstić information content (AvgIpc) is 2.96. The second kappa shape index (κ2) is 8.65. The van der Waals surface area contributed by atoms with Crippen LogP contribution in [0.5, 0.6) is 0 Å². The van der Waals surface area contributed by atoms with Crippen molar-refractivity contribution in [3.8, 4) is 0 Å². The van der Waals surface area contributed by atoms with Crippen molar-refractivity contribution < 1.29 is 4.79 Å². The van der Waals surface area contributed by atoms with Gasteiger partial charge in [-0.2, -0.15) is 0 Å². The number of nitrogens with one attached hydrogen (secondary N) is 1. The molecule has 1 N–H and O–H groups in total. The number of likely N-dealkylation sites (tertiary alicyclic amines) is 2. The number of hydrogen-bond acceptors (Lipinski definition) is 5. The van der Waals surface area contributed by atoms with Crippen molar-refractivity contribution in [2.45, 2.75) is 58.9 Å². The number of hydrogen-bond donors (Lipinski definition) is 1. The first kappa shape index (κ1) is 20.2. The van der Waals surface area contributed by atoms with Gasteiger partial charge in [0.2, 0.25) is 5.91 Å². The van der Waals surface area contributed by atoms with Crippen LogP contribution in [0.25, 0.3) is 0 Å². The van der Waals surface area contributed by atoms with Crippen molar-refractivity contribution >= 4 is 5.91 Å². The van der Waals surface area contributed by atoms with Gasteiger partial charge in [-0.3, -0.25) is 9.69 Å². The van der Waals surface area contributed by atoms with E-state index in [2.05, 4.69) is 39.1 Å². The van der Waals surface area contributed by atoms with Crippen LogP contribution >= 0.6 is 0 Å². The lowest BCUT2D eigenvalue weighted by atomic mass is 9.76. The Kier molecular flexibility index (Phi) is 6.48. The molecule has 0 saturated carbocycles. The molecule has 1 spiro atoms. The van der Waals surface area contributed by atoms with Crippen molar-refractivity contribution in [1.82, 2.24) is 25.1 Å². The minimum Gasteiger partial charge on any atom is -0.354 e. The summed E-state index contributed by atoms with van der Waals surface area (Å²) < 4.78 is 0. The van der Waals surface area contributed by atoms with E-state index in [0.717, 1.165) is 56.2 Å². The predicted molar refractivity (Wildman–Crippen MR) is 108 cm³/mol. The van der Waals surface area contributed by atoms with Gasteiger partial charge in [-0.05, 0) is 77.7 Å². The van der Waals surface area contributed by atoms with Crippen molar-refractivity contribution in [3.63, 3.8) is 0 Å². The summed E-state index contributed by atoms with van der Waals surface area (Å²) in [4.78, 5) is 26.7. The molecule has 3 rings (SSSR count). The standard InChI is InChI=1S/C21H35N5O/c1-5-10-26-15-21(7-11-25(4)12-8-21)14-18(26)20(27)22-9-6-19-23-16(2)13-17(3)24-19/h13,18H,5-12,14-15H2,1-4H3,(H,22,27)/t18-/m0/s1. The van der Waals surface area contributed by atoms with E-state index in [1.807, 2.05) is 19.9 Å². The van der Waals surface area contributed by atoms with E-state index in [0.29, 0.717) is 18.4 Å². The highest BCUT2D eigenvalue weighted by molar-refractivity contribution is 5.82. The lowest BCUT2D eigenvalue weighted by molar-refractivity contribution is -0.125. The molecule has 0 radical (unpaired) electrons. The highest BCUT2D eigenvalue weighted by Crippen LogP contribution is 2.43. The molecule has 2 aliphatic heterocycles. The second-order valence-electron chi connectivity index (χ2n) is 8.60. The first-order valence-electron chi connectivity index (χ1n) is 10.4. The van der Waals surface area contributed by atoms with Gasteiger partial charge in [-0.25, -0.2) is 9.97 Å². The molecule has 6 heteroatoms. The van der Waals surface area contributed by atoms with E-state index >= 15 is 0 Å². The smallest absolute Gasteiger partial charge is 0.237 e. The monoisotopic (exact) mass is 373 g/mol. The SMILES string of the molecule is CCCN1CC2(CCN(C)CC2)C[C@H]1C(=O)NCCc1nc(C)cc(C)n1. The van der Waals surface area contributed by atoms with Gasteiger partial charge in [0.1, 0.15) is 5.82 Å². The van der Waals surface area contributed by atoms with Crippen molar-refractivity contribution in [2.24, 2.45) is 5.41 Å². The van der Waals surface area contributed by atoms with Gasteiger partial charge in [-0.1, -0.05) is 6.92 Å². The number of amides is 1. The summed E-state index contributed by atoms with van der Waals surface area (Å²) in [5, 5.41) is 3.16. The molecule has 27 heavy (non-hydrogen) atoms. The Hall–Kier alpha value is -1.53. The van der Waals surface area contributed by atoms with Crippen LogP contribution in [-0.4, -0.2) is 71.5 Å². The van der Waals surface area contributed by atoms with Gasteiger partial charge in [0.25, 0.3) is 0 Å². The molecule has 1 aromatic rings. The minimum absolute atomic E-state index is 0.0218. The van der Waals surface area contributed by atoms with E-state index in [4.69, 9.17) is 0 Å². The van der Waals surface area contributed by atoms with E-state index in [1.165, 1.54) is 12.8 Å². The van der Waals surface area contributed by atoms with E-state index < -0.39 is 0 Å². The summed E-state index contributed by atoms with van der Waals surface area (Å²) in [6.45, 7) is 11.2. The molecular formula is C21H35N5O. The van der Waals surface area contributed by atoms with Crippen LogP contribution in [0.3, 0.4) is 0 Å². The van der Waals surface area contributed by atoms with Crippen LogP contribution in [0, 0.1) is 19.3 Å². The fourth-order valence-corrected chi connectivity index (χ4v) is 4.71. The maximum absolute atomic E-state index is 12.9. The summed E-state index contributed by atoms with van der Waals surface area (Å²) in [5.41, 5.74) is 2.30. The number of piperidine rings is 1.